The van der Waals surface area contributed by atoms with E-state index in [0.717, 1.165) is 11.4 Å². The van der Waals surface area contributed by atoms with Crippen LogP contribution in [0.1, 0.15) is 33.6 Å². The number of amides is 4. The van der Waals surface area contributed by atoms with Gasteiger partial charge in [-0.05, 0) is 25.6 Å². The molecule has 0 radical (unpaired) electrons. The molecule has 0 saturated carbocycles. The predicted molar refractivity (Wildman–Crippen MR) is 183 cm³/mol. The van der Waals surface area contributed by atoms with Crippen LogP contribution >= 0.6 is 0 Å². The summed E-state index contributed by atoms with van der Waals surface area (Å²) >= 11 is 0. The monoisotopic (exact) mass is 726 g/mol. The molecule has 17 heteroatoms. The van der Waals surface area contributed by atoms with E-state index in [4.69, 9.17) is 42.6 Å². The van der Waals surface area contributed by atoms with Crippen molar-refractivity contribution in [3.63, 3.8) is 0 Å². The van der Waals surface area contributed by atoms with Gasteiger partial charge in [0.2, 0.25) is 11.8 Å². The van der Waals surface area contributed by atoms with Crippen LogP contribution in [0.2, 0.25) is 0 Å². The van der Waals surface area contributed by atoms with Gasteiger partial charge in [-0.1, -0.05) is 6.07 Å². The highest BCUT2D eigenvalue weighted by molar-refractivity contribution is 6.25. The van der Waals surface area contributed by atoms with E-state index in [0.29, 0.717) is 131 Å². The number of nitrogens with one attached hydrogen (secondary N) is 3. The average Bonchev–Trinajstić information content (AvgIpc) is 3.38. The molecule has 1 fully saturated rings. The first-order valence-corrected chi connectivity index (χ1v) is 17.5. The third-order valence-corrected chi connectivity index (χ3v) is 7.50. The largest absolute Gasteiger partial charge is 0.382 e. The third-order valence-electron chi connectivity index (χ3n) is 7.50. The minimum absolute atomic E-state index is 0.0676. The quantitative estimate of drug-likeness (QED) is 0.0657. The van der Waals surface area contributed by atoms with Crippen molar-refractivity contribution in [1.29, 1.82) is 0 Å². The Bertz CT molecular complexity index is 1180. The van der Waals surface area contributed by atoms with Crippen LogP contribution in [0, 0.1) is 0 Å². The summed E-state index contributed by atoms with van der Waals surface area (Å²) in [5.74, 6) is -2.16. The first-order valence-electron chi connectivity index (χ1n) is 17.5. The zero-order valence-electron chi connectivity index (χ0n) is 29.6. The van der Waals surface area contributed by atoms with Gasteiger partial charge in [0.05, 0.1) is 130 Å². The molecular formula is C34H54N4O13. The number of piperidine rings is 1. The molecule has 1 atom stereocenters. The molecule has 0 aliphatic carbocycles. The second kappa shape index (κ2) is 26.6. The number of carbonyl (C=O) groups is 4. The fraction of sp³-hybridized carbons (Fsp3) is 0.706. The molecule has 3 rings (SSSR count). The van der Waals surface area contributed by atoms with Crippen LogP contribution in [0.25, 0.3) is 0 Å². The molecule has 2 heterocycles. The SMILES string of the molecule is CNCCOCCOCCOCCOCCOCCOCCOCCOCCOCCNc1cccc2c1C(=O)N(C1CCC(=O)NC1=O)C2=O. The van der Waals surface area contributed by atoms with Crippen molar-refractivity contribution in [3.05, 3.63) is 29.3 Å². The number of nitrogens with zero attached hydrogens (tertiary/aromatic N) is 1. The maximum absolute atomic E-state index is 13.1. The van der Waals surface area contributed by atoms with E-state index in [9.17, 15) is 19.2 Å². The number of benzene rings is 1. The molecule has 1 saturated heterocycles. The molecule has 288 valence electrons. The predicted octanol–water partition coefficient (Wildman–Crippen LogP) is -0.131. The lowest BCUT2D eigenvalue weighted by Crippen LogP contribution is -2.54. The van der Waals surface area contributed by atoms with Crippen LogP contribution in [0.5, 0.6) is 0 Å². The maximum atomic E-state index is 13.1. The molecule has 0 aromatic heterocycles. The summed E-state index contributed by atoms with van der Waals surface area (Å²) in [6.45, 7) is 9.90. The van der Waals surface area contributed by atoms with E-state index >= 15 is 0 Å². The van der Waals surface area contributed by atoms with Crippen molar-refractivity contribution < 1.29 is 61.8 Å². The second-order valence-electron chi connectivity index (χ2n) is 11.2. The minimum Gasteiger partial charge on any atom is -0.382 e. The highest BCUT2D eigenvalue weighted by atomic mass is 16.6. The summed E-state index contributed by atoms with van der Waals surface area (Å²) in [5.41, 5.74) is 0.913. The average molecular weight is 727 g/mol. The smallest absolute Gasteiger partial charge is 0.264 e. The molecule has 1 aromatic carbocycles. The normalized spacial score (nSPS) is 15.9. The van der Waals surface area contributed by atoms with E-state index in [2.05, 4.69) is 16.0 Å². The number of ether oxygens (including phenoxy) is 9. The number of imide groups is 2. The molecule has 17 nitrogen and oxygen atoms in total. The Hall–Kier alpha value is -3.10. The molecule has 3 N–H and O–H groups in total. The number of carbonyl (C=O) groups excluding carboxylic acids is 4. The van der Waals surface area contributed by atoms with Gasteiger partial charge in [-0.15, -0.1) is 0 Å². The number of anilines is 1. The standard InChI is InChI=1S/C34H54N4O13/c1-35-7-9-43-11-13-45-15-17-47-19-21-49-23-25-51-26-24-50-22-20-48-18-16-46-14-12-44-10-8-36-28-4-2-3-27-31(28)34(42)38(33(27)41)29-5-6-30(39)37-32(29)40/h2-4,29,35-36H,5-26H2,1H3,(H,37,39,40). The number of hydrogen-bond donors (Lipinski definition) is 3. The van der Waals surface area contributed by atoms with Gasteiger partial charge in [-0.2, -0.15) is 0 Å². The molecule has 2 aliphatic rings. The lowest BCUT2D eigenvalue weighted by molar-refractivity contribution is -0.136. The summed E-state index contributed by atoms with van der Waals surface area (Å²) in [6.07, 6.45) is 0.173. The van der Waals surface area contributed by atoms with Crippen molar-refractivity contribution in [3.8, 4) is 0 Å². The Labute approximate surface area is 299 Å². The van der Waals surface area contributed by atoms with E-state index in [1.807, 2.05) is 7.05 Å². The lowest BCUT2D eigenvalue weighted by atomic mass is 10.0. The van der Waals surface area contributed by atoms with E-state index in [-0.39, 0.29) is 24.0 Å². The topological polar surface area (TPSA) is 191 Å². The van der Waals surface area contributed by atoms with E-state index < -0.39 is 29.7 Å². The summed E-state index contributed by atoms with van der Waals surface area (Å²) in [5, 5.41) is 8.34. The Kier molecular flexibility index (Phi) is 22.1. The number of hydrogen-bond acceptors (Lipinski definition) is 15. The van der Waals surface area contributed by atoms with E-state index in [1.165, 1.54) is 0 Å². The molecule has 0 spiro atoms. The molecule has 0 bridgehead atoms. The number of likely N-dealkylation sites (N-methyl/N-ethyl adjacent to an activating group) is 1. The summed E-state index contributed by atoms with van der Waals surface area (Å²) in [7, 11) is 1.89. The number of fused-ring (bicyclic) bond motifs is 1. The van der Waals surface area contributed by atoms with Crippen molar-refractivity contribution in [2.45, 2.75) is 18.9 Å². The highest BCUT2D eigenvalue weighted by Gasteiger charge is 2.45. The molecule has 4 amide bonds. The molecule has 51 heavy (non-hydrogen) atoms. The fourth-order valence-corrected chi connectivity index (χ4v) is 4.96. The Balaban J connectivity index is 1.05. The van der Waals surface area contributed by atoms with Gasteiger partial charge in [-0.25, -0.2) is 0 Å². The molecular weight excluding hydrogens is 672 g/mol. The second-order valence-corrected chi connectivity index (χ2v) is 11.2. The Morgan fingerprint density at radius 2 is 1.04 bits per heavy atom. The number of rotatable bonds is 32. The molecule has 1 aromatic rings. The van der Waals surface area contributed by atoms with Gasteiger partial charge in [0.15, 0.2) is 0 Å². The fourth-order valence-electron chi connectivity index (χ4n) is 4.96. The van der Waals surface area contributed by atoms with Gasteiger partial charge in [0.1, 0.15) is 6.04 Å². The van der Waals surface area contributed by atoms with Crippen LogP contribution in [0.3, 0.4) is 0 Å². The van der Waals surface area contributed by atoms with Gasteiger partial charge in [0.25, 0.3) is 11.8 Å². The summed E-state index contributed by atoms with van der Waals surface area (Å²) < 4.78 is 49.2. The van der Waals surface area contributed by atoms with Crippen molar-refractivity contribution in [1.82, 2.24) is 15.5 Å². The first kappa shape index (κ1) is 42.3. The Morgan fingerprint density at radius 3 is 1.47 bits per heavy atom. The van der Waals surface area contributed by atoms with Crippen molar-refractivity contribution >= 4 is 29.3 Å². The van der Waals surface area contributed by atoms with Crippen LogP contribution in [-0.2, 0) is 52.2 Å². The third kappa shape index (κ3) is 16.4. The van der Waals surface area contributed by atoms with Crippen molar-refractivity contribution in [2.75, 3.05) is 144 Å². The van der Waals surface area contributed by atoms with Gasteiger partial charge in [0, 0.05) is 25.2 Å². The summed E-state index contributed by atoms with van der Waals surface area (Å²) in [6, 6.07) is 3.91. The van der Waals surface area contributed by atoms with Crippen LogP contribution in [0.15, 0.2) is 18.2 Å². The first-order chi connectivity index (χ1) is 25.0. The zero-order valence-corrected chi connectivity index (χ0v) is 29.6. The van der Waals surface area contributed by atoms with Crippen LogP contribution < -0.4 is 16.0 Å². The Morgan fingerprint density at radius 1 is 0.608 bits per heavy atom. The molecule has 1 unspecified atom stereocenters. The lowest BCUT2D eigenvalue weighted by Gasteiger charge is -2.27. The minimum atomic E-state index is -1.01. The van der Waals surface area contributed by atoms with Gasteiger partial charge < -0.3 is 53.3 Å². The highest BCUT2D eigenvalue weighted by Crippen LogP contribution is 2.32. The van der Waals surface area contributed by atoms with E-state index in [1.54, 1.807) is 18.2 Å². The molecule has 2 aliphatic heterocycles. The maximum Gasteiger partial charge on any atom is 0.264 e. The van der Waals surface area contributed by atoms with Crippen LogP contribution in [0.4, 0.5) is 5.69 Å². The van der Waals surface area contributed by atoms with Gasteiger partial charge >= 0.3 is 0 Å². The van der Waals surface area contributed by atoms with Crippen molar-refractivity contribution in [2.24, 2.45) is 0 Å². The zero-order chi connectivity index (χ0) is 36.4. The van der Waals surface area contributed by atoms with Gasteiger partial charge in [-0.3, -0.25) is 29.4 Å². The van der Waals surface area contributed by atoms with Crippen LogP contribution in [-0.4, -0.2) is 174 Å². The summed E-state index contributed by atoms with van der Waals surface area (Å²) in [4.78, 5) is 50.8.